The van der Waals surface area contributed by atoms with Crippen molar-refractivity contribution in [2.45, 2.75) is 26.7 Å². The first kappa shape index (κ1) is 14.0. The lowest BCUT2D eigenvalue weighted by molar-refractivity contribution is 0.0939. The van der Waals surface area contributed by atoms with Gasteiger partial charge in [-0.3, -0.25) is 21.1 Å². The zero-order chi connectivity index (χ0) is 13.4. The summed E-state index contributed by atoms with van der Waals surface area (Å²) in [5, 5.41) is 7.52. The van der Waals surface area contributed by atoms with E-state index >= 15 is 0 Å². The van der Waals surface area contributed by atoms with Crippen molar-refractivity contribution in [1.82, 2.24) is 10.9 Å². The van der Waals surface area contributed by atoms with Gasteiger partial charge in [-0.15, -0.1) is 0 Å². The number of carbonyl (C=O) groups excluding carboxylic acids is 1. The van der Waals surface area contributed by atoms with Gasteiger partial charge in [-0.25, -0.2) is 0 Å². The third kappa shape index (κ3) is 4.08. The summed E-state index contributed by atoms with van der Waals surface area (Å²) in [6.45, 7) is 4.34. The van der Waals surface area contributed by atoms with Crippen molar-refractivity contribution in [3.63, 3.8) is 0 Å². The Bertz CT molecular complexity index is 418. The Morgan fingerprint density at radius 1 is 1.28 bits per heavy atom. The Labute approximate surface area is 107 Å². The maximum Gasteiger partial charge on any atom is 0.273 e. The fourth-order valence-corrected chi connectivity index (χ4v) is 1.45. The van der Waals surface area contributed by atoms with Crippen molar-refractivity contribution in [2.24, 2.45) is 0 Å². The minimum Gasteiger partial charge on any atom is -0.493 e. The van der Waals surface area contributed by atoms with Crippen molar-refractivity contribution >= 4 is 11.7 Å². The summed E-state index contributed by atoms with van der Waals surface area (Å²) in [4.78, 5) is 11.9. The molecule has 5 nitrogen and oxygen atoms in total. The van der Waals surface area contributed by atoms with Gasteiger partial charge in [-0.2, -0.15) is 0 Å². The summed E-state index contributed by atoms with van der Waals surface area (Å²) < 4.78 is 5.37. The van der Waals surface area contributed by atoms with Crippen LogP contribution in [-0.2, 0) is 0 Å². The Balaban J connectivity index is 2.63. The Kier molecular flexibility index (Phi) is 5.70. The molecule has 1 amide bonds. The first-order chi connectivity index (χ1) is 8.69. The van der Waals surface area contributed by atoms with E-state index in [-0.39, 0.29) is 5.91 Å². The lowest BCUT2D eigenvalue weighted by Crippen LogP contribution is -2.41. The lowest BCUT2D eigenvalue weighted by atomic mass is 10.2. The topological polar surface area (TPSA) is 74.2 Å². The molecule has 0 saturated carbocycles. The molecule has 0 aromatic heterocycles. The van der Waals surface area contributed by atoms with Gasteiger partial charge in [0.25, 0.3) is 5.91 Å². The molecule has 0 saturated heterocycles. The molecule has 5 heteroatoms. The van der Waals surface area contributed by atoms with E-state index in [1.54, 1.807) is 18.2 Å². The molecule has 0 fully saturated rings. The van der Waals surface area contributed by atoms with Crippen LogP contribution in [-0.4, -0.2) is 18.3 Å². The van der Waals surface area contributed by atoms with Crippen LogP contribution in [0.25, 0.3) is 0 Å². The van der Waals surface area contributed by atoms with Crippen LogP contribution in [0, 0.1) is 5.41 Å². The van der Waals surface area contributed by atoms with Gasteiger partial charge >= 0.3 is 0 Å². The molecular weight excluding hydrogens is 230 g/mol. The van der Waals surface area contributed by atoms with Gasteiger partial charge in [0, 0.05) is 6.42 Å². The maximum absolute atomic E-state index is 11.9. The van der Waals surface area contributed by atoms with Crippen LogP contribution in [0.2, 0.25) is 0 Å². The number of amides is 1. The average Bonchev–Trinajstić information content (AvgIpc) is 2.37. The summed E-state index contributed by atoms with van der Waals surface area (Å²) >= 11 is 0. The fraction of sp³-hybridized carbons (Fsp3) is 0.385. The number of benzene rings is 1. The summed E-state index contributed by atoms with van der Waals surface area (Å²) in [6.07, 6.45) is 1.46. The number of rotatable bonds is 5. The molecule has 0 spiro atoms. The van der Waals surface area contributed by atoms with Crippen LogP contribution >= 0.6 is 0 Å². The highest BCUT2D eigenvalue weighted by atomic mass is 16.5. The van der Waals surface area contributed by atoms with Gasteiger partial charge < -0.3 is 4.74 Å². The molecular formula is C13H19N3O2. The van der Waals surface area contributed by atoms with E-state index in [2.05, 4.69) is 10.9 Å². The van der Waals surface area contributed by atoms with E-state index in [1.807, 2.05) is 19.9 Å². The van der Waals surface area contributed by atoms with Gasteiger partial charge in [0.05, 0.1) is 12.2 Å². The van der Waals surface area contributed by atoms with Crippen LogP contribution in [0.4, 0.5) is 0 Å². The SMILES string of the molecule is CCCC(=N)NNC(=O)c1ccccc1OCC. The van der Waals surface area contributed by atoms with E-state index < -0.39 is 0 Å². The largest absolute Gasteiger partial charge is 0.493 e. The number of amidine groups is 1. The van der Waals surface area contributed by atoms with Gasteiger partial charge in [-0.1, -0.05) is 19.1 Å². The predicted octanol–water partition coefficient (Wildman–Crippen LogP) is 2.10. The van der Waals surface area contributed by atoms with E-state index in [0.717, 1.165) is 6.42 Å². The number of nitrogens with one attached hydrogen (secondary N) is 3. The molecule has 0 aliphatic heterocycles. The lowest BCUT2D eigenvalue weighted by Gasteiger charge is -2.12. The number of carbonyl (C=O) groups is 1. The molecule has 0 aliphatic rings. The zero-order valence-electron chi connectivity index (χ0n) is 10.7. The number of para-hydroxylation sites is 1. The monoisotopic (exact) mass is 249 g/mol. The number of hydrogen-bond donors (Lipinski definition) is 3. The molecule has 0 bridgehead atoms. The highest BCUT2D eigenvalue weighted by Crippen LogP contribution is 2.17. The quantitative estimate of drug-likeness (QED) is 0.425. The van der Waals surface area contributed by atoms with Crippen molar-refractivity contribution in [2.75, 3.05) is 6.61 Å². The van der Waals surface area contributed by atoms with Gasteiger partial charge in [-0.05, 0) is 25.5 Å². The molecule has 0 unspecified atom stereocenters. The van der Waals surface area contributed by atoms with Crippen LogP contribution < -0.4 is 15.6 Å². The summed E-state index contributed by atoms with van der Waals surface area (Å²) in [5.41, 5.74) is 5.52. The van der Waals surface area contributed by atoms with Crippen LogP contribution in [0.1, 0.15) is 37.0 Å². The highest BCUT2D eigenvalue weighted by molar-refractivity contribution is 5.98. The molecule has 0 atom stereocenters. The van der Waals surface area contributed by atoms with Crippen molar-refractivity contribution in [1.29, 1.82) is 5.41 Å². The number of ether oxygens (including phenoxy) is 1. The smallest absolute Gasteiger partial charge is 0.273 e. The summed E-state index contributed by atoms with van der Waals surface area (Å²) in [6, 6.07) is 7.02. The highest BCUT2D eigenvalue weighted by Gasteiger charge is 2.11. The Morgan fingerprint density at radius 2 is 2.00 bits per heavy atom. The standard InChI is InChI=1S/C13H19N3O2/c1-3-7-12(14)15-16-13(17)10-8-5-6-9-11(10)18-4-2/h5-6,8-9H,3-4,7H2,1-2H3,(H2,14,15)(H,16,17). The second-order valence-electron chi connectivity index (χ2n) is 3.74. The molecule has 98 valence electrons. The molecule has 1 aromatic rings. The first-order valence-electron chi connectivity index (χ1n) is 6.04. The van der Waals surface area contributed by atoms with Crippen molar-refractivity contribution in [3.05, 3.63) is 29.8 Å². The maximum atomic E-state index is 11.9. The van der Waals surface area contributed by atoms with E-state index in [0.29, 0.717) is 30.2 Å². The second-order valence-corrected chi connectivity index (χ2v) is 3.74. The number of hydrogen-bond acceptors (Lipinski definition) is 3. The molecule has 0 radical (unpaired) electrons. The minimum absolute atomic E-state index is 0.291. The van der Waals surface area contributed by atoms with Crippen molar-refractivity contribution in [3.8, 4) is 5.75 Å². The minimum atomic E-state index is -0.306. The van der Waals surface area contributed by atoms with Gasteiger partial charge in [0.1, 0.15) is 11.6 Å². The predicted molar refractivity (Wildman–Crippen MR) is 70.8 cm³/mol. The van der Waals surface area contributed by atoms with Crippen molar-refractivity contribution < 1.29 is 9.53 Å². The molecule has 0 aliphatic carbocycles. The molecule has 1 aromatic carbocycles. The first-order valence-corrected chi connectivity index (χ1v) is 6.04. The summed E-state index contributed by atoms with van der Waals surface area (Å²) in [5.74, 6) is 0.529. The third-order valence-corrected chi connectivity index (χ3v) is 2.26. The van der Waals surface area contributed by atoms with Crippen LogP contribution in [0.5, 0.6) is 5.75 Å². The van der Waals surface area contributed by atoms with E-state index in [4.69, 9.17) is 10.1 Å². The fourth-order valence-electron chi connectivity index (χ4n) is 1.45. The third-order valence-electron chi connectivity index (χ3n) is 2.26. The van der Waals surface area contributed by atoms with E-state index in [9.17, 15) is 4.79 Å². The van der Waals surface area contributed by atoms with Crippen LogP contribution in [0.15, 0.2) is 24.3 Å². The summed E-state index contributed by atoms with van der Waals surface area (Å²) in [7, 11) is 0. The normalized spacial score (nSPS) is 9.67. The van der Waals surface area contributed by atoms with Crippen LogP contribution in [0.3, 0.4) is 0 Å². The van der Waals surface area contributed by atoms with E-state index in [1.165, 1.54) is 0 Å². The average molecular weight is 249 g/mol. The Morgan fingerprint density at radius 3 is 2.67 bits per heavy atom. The molecule has 3 N–H and O–H groups in total. The molecule has 18 heavy (non-hydrogen) atoms. The number of hydrazine groups is 1. The molecule has 0 heterocycles. The Hall–Kier alpha value is -2.04. The zero-order valence-corrected chi connectivity index (χ0v) is 10.7. The second kappa shape index (κ2) is 7.32. The van der Waals surface area contributed by atoms with Gasteiger partial charge in [0.15, 0.2) is 0 Å². The molecule has 1 rings (SSSR count). The van der Waals surface area contributed by atoms with Gasteiger partial charge in [0.2, 0.25) is 0 Å².